The topological polar surface area (TPSA) is 38.3 Å². The van der Waals surface area contributed by atoms with Crippen molar-refractivity contribution in [1.29, 1.82) is 0 Å². The molecule has 0 bridgehead atoms. The molecule has 82 valence electrons. The van der Waals surface area contributed by atoms with Crippen LogP contribution in [-0.2, 0) is 0 Å². The van der Waals surface area contributed by atoms with E-state index in [1.54, 1.807) is 7.05 Å². The molecule has 0 aromatic heterocycles. The normalized spacial score (nSPS) is 10.1. The first-order chi connectivity index (χ1) is 7.10. The molecular weight excluding hydrogens is 221 g/mol. The van der Waals surface area contributed by atoms with Gasteiger partial charge in [0, 0.05) is 11.1 Å². The zero-order valence-corrected chi connectivity index (χ0v) is 9.19. The van der Waals surface area contributed by atoms with E-state index in [0.29, 0.717) is 0 Å². The number of benzene rings is 1. The maximum Gasteiger partial charge on any atom is 0.179 e. The third-order valence-electron chi connectivity index (χ3n) is 1.86. The quantitative estimate of drug-likeness (QED) is 0.805. The van der Waals surface area contributed by atoms with Gasteiger partial charge in [-0.3, -0.25) is 4.79 Å². The number of carbonyl (C=O) groups excluding carboxylic acids is 1. The first-order valence-electron chi connectivity index (χ1n) is 4.31. The molecule has 0 heterocycles. The van der Waals surface area contributed by atoms with E-state index in [0.717, 1.165) is 0 Å². The molecule has 5 heteroatoms. The Bertz CT molecular complexity index is 382. The zero-order chi connectivity index (χ0) is 11.4. The Morgan fingerprint density at radius 3 is 2.80 bits per heavy atom. The van der Waals surface area contributed by atoms with Crippen molar-refractivity contribution in [3.63, 3.8) is 0 Å². The van der Waals surface area contributed by atoms with Gasteiger partial charge in [0.15, 0.2) is 17.3 Å². The van der Waals surface area contributed by atoms with E-state index in [2.05, 4.69) is 5.32 Å². The summed E-state index contributed by atoms with van der Waals surface area (Å²) in [6.45, 7) is 0.0560. The highest BCUT2D eigenvalue weighted by molar-refractivity contribution is 6.31. The molecule has 15 heavy (non-hydrogen) atoms. The van der Waals surface area contributed by atoms with Gasteiger partial charge >= 0.3 is 0 Å². The molecule has 0 saturated carbocycles. The fraction of sp³-hybridized carbons (Fsp3) is 0.300. The van der Waals surface area contributed by atoms with Crippen LogP contribution in [0.2, 0.25) is 5.02 Å². The van der Waals surface area contributed by atoms with Gasteiger partial charge in [0.2, 0.25) is 0 Å². The molecule has 1 aromatic carbocycles. The Morgan fingerprint density at radius 1 is 1.60 bits per heavy atom. The SMILES string of the molecule is CNCC(=O)c1cc(Cl)cc(OC)c1F. The van der Waals surface area contributed by atoms with E-state index >= 15 is 0 Å². The van der Waals surface area contributed by atoms with Crippen molar-refractivity contribution in [3.05, 3.63) is 28.5 Å². The lowest BCUT2D eigenvalue weighted by Gasteiger charge is -2.07. The predicted molar refractivity (Wildman–Crippen MR) is 56.2 cm³/mol. The summed E-state index contributed by atoms with van der Waals surface area (Å²) < 4.78 is 18.4. The van der Waals surface area contributed by atoms with Gasteiger partial charge in [0.05, 0.1) is 19.2 Å². The molecule has 0 unspecified atom stereocenters. The zero-order valence-electron chi connectivity index (χ0n) is 8.43. The molecule has 1 N–H and O–H groups in total. The van der Waals surface area contributed by atoms with E-state index in [4.69, 9.17) is 16.3 Å². The summed E-state index contributed by atoms with van der Waals surface area (Å²) in [5, 5.41) is 2.92. The highest BCUT2D eigenvalue weighted by Crippen LogP contribution is 2.25. The number of halogens is 2. The Morgan fingerprint density at radius 2 is 2.27 bits per heavy atom. The van der Waals surface area contributed by atoms with Crippen LogP contribution in [0.4, 0.5) is 4.39 Å². The van der Waals surface area contributed by atoms with Crippen molar-refractivity contribution in [3.8, 4) is 5.75 Å². The summed E-state index contributed by atoms with van der Waals surface area (Å²) in [7, 11) is 2.93. The molecule has 0 aliphatic rings. The van der Waals surface area contributed by atoms with Crippen LogP contribution in [0.5, 0.6) is 5.75 Å². The summed E-state index contributed by atoms with van der Waals surface area (Å²) in [6, 6.07) is 2.62. The minimum absolute atomic E-state index is 0.0260. The summed E-state index contributed by atoms with van der Waals surface area (Å²) in [4.78, 5) is 11.5. The average molecular weight is 232 g/mol. The van der Waals surface area contributed by atoms with Crippen LogP contribution in [0, 0.1) is 5.82 Å². The van der Waals surface area contributed by atoms with Gasteiger partial charge in [-0.1, -0.05) is 11.6 Å². The number of ether oxygens (including phenoxy) is 1. The second-order valence-electron chi connectivity index (χ2n) is 2.92. The second kappa shape index (κ2) is 5.09. The van der Waals surface area contributed by atoms with Crippen molar-refractivity contribution in [2.45, 2.75) is 0 Å². The van der Waals surface area contributed by atoms with Gasteiger partial charge < -0.3 is 10.1 Å². The van der Waals surface area contributed by atoms with Crippen molar-refractivity contribution in [2.75, 3.05) is 20.7 Å². The number of methoxy groups -OCH3 is 1. The van der Waals surface area contributed by atoms with E-state index < -0.39 is 5.82 Å². The number of ketones is 1. The van der Waals surface area contributed by atoms with E-state index in [-0.39, 0.29) is 28.7 Å². The van der Waals surface area contributed by atoms with Crippen LogP contribution < -0.4 is 10.1 Å². The second-order valence-corrected chi connectivity index (χ2v) is 3.36. The van der Waals surface area contributed by atoms with Gasteiger partial charge in [0.25, 0.3) is 0 Å². The third kappa shape index (κ3) is 2.67. The fourth-order valence-electron chi connectivity index (χ4n) is 1.17. The van der Waals surface area contributed by atoms with Gasteiger partial charge in [0.1, 0.15) is 0 Å². The highest BCUT2D eigenvalue weighted by Gasteiger charge is 2.16. The molecule has 0 amide bonds. The van der Waals surface area contributed by atoms with Crippen molar-refractivity contribution in [1.82, 2.24) is 5.32 Å². The minimum atomic E-state index is -0.679. The number of hydrogen-bond acceptors (Lipinski definition) is 3. The summed E-state index contributed by atoms with van der Waals surface area (Å²) in [5.74, 6) is -1.07. The number of rotatable bonds is 4. The van der Waals surface area contributed by atoms with Gasteiger partial charge in [-0.05, 0) is 13.1 Å². The van der Waals surface area contributed by atoms with E-state index in [1.165, 1.54) is 19.2 Å². The lowest BCUT2D eigenvalue weighted by Crippen LogP contribution is -2.19. The van der Waals surface area contributed by atoms with Crippen LogP contribution in [0.15, 0.2) is 12.1 Å². The number of nitrogens with one attached hydrogen (secondary N) is 1. The minimum Gasteiger partial charge on any atom is -0.494 e. The Kier molecular flexibility index (Phi) is 4.05. The lowest BCUT2D eigenvalue weighted by atomic mass is 10.1. The van der Waals surface area contributed by atoms with Gasteiger partial charge in [-0.25, -0.2) is 4.39 Å². The number of carbonyl (C=O) groups is 1. The fourth-order valence-corrected chi connectivity index (χ4v) is 1.38. The molecule has 1 rings (SSSR count). The van der Waals surface area contributed by atoms with Crippen LogP contribution >= 0.6 is 11.6 Å². The molecule has 3 nitrogen and oxygen atoms in total. The molecular formula is C10H11ClFNO2. The summed E-state index contributed by atoms with van der Waals surface area (Å²) >= 11 is 5.73. The van der Waals surface area contributed by atoms with Gasteiger partial charge in [-0.2, -0.15) is 0 Å². The first kappa shape index (κ1) is 11.9. The Labute approximate surface area is 92.2 Å². The van der Waals surface area contributed by atoms with Crippen molar-refractivity contribution < 1.29 is 13.9 Å². The molecule has 0 radical (unpaired) electrons. The van der Waals surface area contributed by atoms with Crippen LogP contribution in [-0.4, -0.2) is 26.5 Å². The highest BCUT2D eigenvalue weighted by atomic mass is 35.5. The molecule has 0 aliphatic heterocycles. The first-order valence-corrected chi connectivity index (χ1v) is 4.68. The van der Waals surface area contributed by atoms with Crippen LogP contribution in [0.1, 0.15) is 10.4 Å². The van der Waals surface area contributed by atoms with Crippen LogP contribution in [0.3, 0.4) is 0 Å². The molecule has 1 aromatic rings. The van der Waals surface area contributed by atoms with Gasteiger partial charge in [-0.15, -0.1) is 0 Å². The predicted octanol–water partition coefficient (Wildman–Crippen LogP) is 1.89. The molecule has 0 saturated heterocycles. The Balaban J connectivity index is 3.17. The Hall–Kier alpha value is -1.13. The number of hydrogen-bond donors (Lipinski definition) is 1. The maximum atomic E-state index is 13.6. The number of Topliss-reactive ketones (excluding diaryl/α,β-unsaturated/α-hetero) is 1. The smallest absolute Gasteiger partial charge is 0.179 e. The monoisotopic (exact) mass is 231 g/mol. The number of likely N-dealkylation sites (N-methyl/N-ethyl adjacent to an activating group) is 1. The largest absolute Gasteiger partial charge is 0.494 e. The maximum absolute atomic E-state index is 13.6. The molecule has 0 spiro atoms. The van der Waals surface area contributed by atoms with E-state index in [1.807, 2.05) is 0 Å². The average Bonchev–Trinajstić information content (AvgIpc) is 2.21. The molecule has 0 aliphatic carbocycles. The lowest BCUT2D eigenvalue weighted by molar-refractivity contribution is 0.0989. The summed E-state index contributed by atoms with van der Waals surface area (Å²) in [5.41, 5.74) is -0.0614. The molecule has 0 fully saturated rings. The third-order valence-corrected chi connectivity index (χ3v) is 2.08. The van der Waals surface area contributed by atoms with Crippen molar-refractivity contribution >= 4 is 17.4 Å². The van der Waals surface area contributed by atoms with E-state index in [9.17, 15) is 9.18 Å². The molecule has 0 atom stereocenters. The summed E-state index contributed by atoms with van der Waals surface area (Å²) in [6.07, 6.45) is 0. The standard InChI is InChI=1S/C10H11ClFNO2/c1-13-5-8(14)7-3-6(11)4-9(15-2)10(7)12/h3-4,13H,5H2,1-2H3. The van der Waals surface area contributed by atoms with Crippen molar-refractivity contribution in [2.24, 2.45) is 0 Å². The van der Waals surface area contributed by atoms with Crippen LogP contribution in [0.25, 0.3) is 0 Å².